The van der Waals surface area contributed by atoms with Crippen LogP contribution in [0.15, 0.2) is 34.8 Å². The van der Waals surface area contributed by atoms with Gasteiger partial charge in [-0.15, -0.1) is 11.3 Å². The molecule has 0 bridgehead atoms. The fourth-order valence-corrected chi connectivity index (χ4v) is 3.68. The fourth-order valence-electron chi connectivity index (χ4n) is 2.08. The van der Waals surface area contributed by atoms with Crippen molar-refractivity contribution in [3.8, 4) is 0 Å². The summed E-state index contributed by atoms with van der Waals surface area (Å²) in [7, 11) is 1.93. The Morgan fingerprint density at radius 2 is 1.90 bits per heavy atom. The van der Waals surface area contributed by atoms with Gasteiger partial charge in [0.25, 0.3) is 0 Å². The predicted molar refractivity (Wildman–Crippen MR) is 88.0 cm³/mol. The number of halogens is 2. The van der Waals surface area contributed by atoms with Crippen molar-refractivity contribution in [2.24, 2.45) is 0 Å². The van der Waals surface area contributed by atoms with E-state index in [0.29, 0.717) is 4.47 Å². The van der Waals surface area contributed by atoms with Gasteiger partial charge in [0, 0.05) is 9.75 Å². The second-order valence-electron chi connectivity index (χ2n) is 5.85. The van der Waals surface area contributed by atoms with Crippen LogP contribution in [0.4, 0.5) is 4.39 Å². The van der Waals surface area contributed by atoms with Crippen molar-refractivity contribution in [3.05, 3.63) is 55.9 Å². The molecule has 2 aromatic rings. The van der Waals surface area contributed by atoms with E-state index in [9.17, 15) is 4.39 Å². The first-order chi connectivity index (χ1) is 9.32. The molecule has 1 nitrogen and oxygen atoms in total. The summed E-state index contributed by atoms with van der Waals surface area (Å²) >= 11 is 5.06. The molecule has 108 valence electrons. The van der Waals surface area contributed by atoms with Crippen LogP contribution < -0.4 is 5.32 Å². The van der Waals surface area contributed by atoms with Gasteiger partial charge in [-0.1, -0.05) is 26.8 Å². The molecule has 2 rings (SSSR count). The van der Waals surface area contributed by atoms with Crippen molar-refractivity contribution in [1.82, 2.24) is 5.32 Å². The third kappa shape index (κ3) is 3.30. The molecule has 0 aliphatic rings. The van der Waals surface area contributed by atoms with Gasteiger partial charge in [0.05, 0.1) is 10.5 Å². The average Bonchev–Trinajstić information content (AvgIpc) is 2.84. The lowest BCUT2D eigenvalue weighted by Crippen LogP contribution is -2.16. The van der Waals surface area contributed by atoms with Crippen molar-refractivity contribution in [2.45, 2.75) is 32.2 Å². The molecule has 0 radical (unpaired) electrons. The number of nitrogens with one attached hydrogen (secondary N) is 1. The van der Waals surface area contributed by atoms with Gasteiger partial charge in [-0.25, -0.2) is 4.39 Å². The largest absolute Gasteiger partial charge is 0.309 e. The van der Waals surface area contributed by atoms with Gasteiger partial charge in [-0.05, 0) is 58.2 Å². The van der Waals surface area contributed by atoms with Crippen molar-refractivity contribution in [1.29, 1.82) is 0 Å². The van der Waals surface area contributed by atoms with Crippen molar-refractivity contribution in [3.63, 3.8) is 0 Å². The second-order valence-corrected chi connectivity index (χ2v) is 7.82. The standard InChI is InChI=1S/C16H19BrFNS/c1-16(2,3)14-8-7-13(20-14)15(19-4)10-5-6-12(18)11(17)9-10/h5-9,15,19H,1-4H3. The Bertz CT molecular complexity index is 601. The summed E-state index contributed by atoms with van der Waals surface area (Å²) in [4.78, 5) is 2.60. The minimum absolute atomic E-state index is 0.0907. The van der Waals surface area contributed by atoms with Crippen LogP contribution in [0.25, 0.3) is 0 Å². The van der Waals surface area contributed by atoms with Crippen molar-refractivity contribution in [2.75, 3.05) is 7.05 Å². The van der Waals surface area contributed by atoms with Crippen molar-refractivity contribution < 1.29 is 4.39 Å². The Morgan fingerprint density at radius 1 is 1.20 bits per heavy atom. The number of benzene rings is 1. The van der Waals surface area contributed by atoms with E-state index in [-0.39, 0.29) is 17.3 Å². The highest BCUT2D eigenvalue weighted by molar-refractivity contribution is 9.10. The average molecular weight is 356 g/mol. The number of thiophene rings is 1. The van der Waals surface area contributed by atoms with E-state index in [0.717, 1.165) is 5.56 Å². The molecule has 1 unspecified atom stereocenters. The molecule has 4 heteroatoms. The van der Waals surface area contributed by atoms with Crippen LogP contribution in [0.2, 0.25) is 0 Å². The molecule has 1 heterocycles. The molecular weight excluding hydrogens is 337 g/mol. The molecule has 20 heavy (non-hydrogen) atoms. The molecule has 0 amide bonds. The van der Waals surface area contributed by atoms with Gasteiger partial charge < -0.3 is 5.32 Å². The topological polar surface area (TPSA) is 12.0 Å². The van der Waals surface area contributed by atoms with Crippen LogP contribution in [0.1, 0.15) is 42.1 Å². The zero-order valence-electron chi connectivity index (χ0n) is 12.1. The Kier molecular flexibility index (Phi) is 4.67. The predicted octanol–water partition coefficient (Wildman–Crippen LogP) is 5.26. The normalized spacial score (nSPS) is 13.5. The second kappa shape index (κ2) is 5.96. The first-order valence-electron chi connectivity index (χ1n) is 6.55. The van der Waals surface area contributed by atoms with Crippen LogP contribution in [-0.4, -0.2) is 7.05 Å². The van der Waals surface area contributed by atoms with Gasteiger partial charge in [0.2, 0.25) is 0 Å². The summed E-state index contributed by atoms with van der Waals surface area (Å²) in [6.45, 7) is 6.64. The summed E-state index contributed by atoms with van der Waals surface area (Å²) in [6.07, 6.45) is 0. The van der Waals surface area contributed by atoms with E-state index >= 15 is 0 Å². The van der Waals surface area contributed by atoms with Crippen LogP contribution >= 0.6 is 27.3 Å². The van der Waals surface area contributed by atoms with Gasteiger partial charge >= 0.3 is 0 Å². The maximum Gasteiger partial charge on any atom is 0.137 e. The maximum atomic E-state index is 13.4. The van der Waals surface area contributed by atoms with Gasteiger partial charge in [0.1, 0.15) is 5.82 Å². The highest BCUT2D eigenvalue weighted by Gasteiger charge is 2.20. The summed E-state index contributed by atoms with van der Waals surface area (Å²) in [5.41, 5.74) is 1.22. The fraction of sp³-hybridized carbons (Fsp3) is 0.375. The molecular formula is C16H19BrFNS. The number of hydrogen-bond donors (Lipinski definition) is 1. The molecule has 0 spiro atoms. The van der Waals surface area contributed by atoms with Crippen LogP contribution in [0, 0.1) is 5.82 Å². The highest BCUT2D eigenvalue weighted by atomic mass is 79.9. The minimum Gasteiger partial charge on any atom is -0.309 e. The zero-order valence-corrected chi connectivity index (χ0v) is 14.5. The quantitative estimate of drug-likeness (QED) is 0.791. The van der Waals surface area contributed by atoms with Crippen molar-refractivity contribution >= 4 is 27.3 Å². The van der Waals surface area contributed by atoms with Gasteiger partial charge in [-0.3, -0.25) is 0 Å². The van der Waals surface area contributed by atoms with Gasteiger partial charge in [-0.2, -0.15) is 0 Å². The van der Waals surface area contributed by atoms with Crippen LogP contribution in [0.3, 0.4) is 0 Å². The molecule has 0 aliphatic carbocycles. The van der Waals surface area contributed by atoms with E-state index < -0.39 is 0 Å². The minimum atomic E-state index is -0.231. The first kappa shape index (κ1) is 15.7. The lowest BCUT2D eigenvalue weighted by atomic mass is 9.95. The summed E-state index contributed by atoms with van der Waals surface area (Å²) in [5.74, 6) is -0.231. The zero-order chi connectivity index (χ0) is 14.9. The van der Waals surface area contributed by atoms with Crippen LogP contribution in [0.5, 0.6) is 0 Å². The Balaban J connectivity index is 2.37. The molecule has 1 aromatic carbocycles. The van der Waals surface area contributed by atoms with E-state index in [1.807, 2.05) is 19.2 Å². The van der Waals surface area contributed by atoms with Crippen LogP contribution in [-0.2, 0) is 5.41 Å². The summed E-state index contributed by atoms with van der Waals surface area (Å²) < 4.78 is 13.9. The summed E-state index contributed by atoms with van der Waals surface area (Å²) in [6, 6.07) is 9.60. The molecule has 0 saturated carbocycles. The molecule has 1 N–H and O–H groups in total. The molecule has 0 saturated heterocycles. The Hall–Kier alpha value is -0.710. The Labute approximate surface area is 132 Å². The maximum absolute atomic E-state index is 13.4. The third-order valence-corrected chi connectivity index (χ3v) is 5.40. The summed E-state index contributed by atoms with van der Waals surface area (Å²) in [5, 5.41) is 3.31. The van der Waals surface area contributed by atoms with E-state index in [2.05, 4.69) is 54.2 Å². The molecule has 0 fully saturated rings. The molecule has 1 aromatic heterocycles. The van der Waals surface area contributed by atoms with E-state index in [1.54, 1.807) is 11.3 Å². The first-order valence-corrected chi connectivity index (χ1v) is 8.16. The lowest BCUT2D eigenvalue weighted by Gasteiger charge is -2.18. The SMILES string of the molecule is CNC(c1ccc(F)c(Br)c1)c1ccc(C(C)(C)C)s1. The third-order valence-electron chi connectivity index (χ3n) is 3.22. The van der Waals surface area contributed by atoms with Gasteiger partial charge in [0.15, 0.2) is 0 Å². The Morgan fingerprint density at radius 3 is 2.40 bits per heavy atom. The number of rotatable bonds is 3. The molecule has 0 aliphatic heterocycles. The van der Waals surface area contributed by atoms with E-state index in [1.165, 1.54) is 15.8 Å². The lowest BCUT2D eigenvalue weighted by molar-refractivity contribution is 0.604. The number of hydrogen-bond acceptors (Lipinski definition) is 2. The van der Waals surface area contributed by atoms with E-state index in [4.69, 9.17) is 0 Å². The smallest absolute Gasteiger partial charge is 0.137 e. The highest BCUT2D eigenvalue weighted by Crippen LogP contribution is 2.35. The molecule has 1 atom stereocenters. The monoisotopic (exact) mass is 355 g/mol.